The highest BCUT2D eigenvalue weighted by Gasteiger charge is 2.09. The molecule has 0 spiro atoms. The van der Waals surface area contributed by atoms with E-state index in [1.54, 1.807) is 61.5 Å². The Morgan fingerprint density at radius 3 is 2.58 bits per heavy atom. The van der Waals surface area contributed by atoms with Crippen LogP contribution in [0.5, 0.6) is 5.75 Å². The number of amides is 1. The molecule has 1 N–H and O–H groups in total. The Balaban J connectivity index is 1.47. The third-order valence-electron chi connectivity index (χ3n) is 4.01. The van der Waals surface area contributed by atoms with E-state index in [-0.39, 0.29) is 18.3 Å². The smallest absolute Gasteiger partial charge is 0.330 e. The van der Waals surface area contributed by atoms with E-state index >= 15 is 0 Å². The Labute approximate surface area is 189 Å². The predicted octanol–water partition coefficient (Wildman–Crippen LogP) is 5.13. The summed E-state index contributed by atoms with van der Waals surface area (Å²) in [5.74, 6) is 0.158. The Morgan fingerprint density at radius 1 is 1.13 bits per heavy atom. The van der Waals surface area contributed by atoms with Crippen LogP contribution in [-0.2, 0) is 27.4 Å². The van der Waals surface area contributed by atoms with Gasteiger partial charge in [-0.3, -0.25) is 4.79 Å². The van der Waals surface area contributed by atoms with E-state index in [4.69, 9.17) is 21.1 Å². The molecule has 31 heavy (non-hydrogen) atoms. The van der Waals surface area contributed by atoms with Crippen molar-refractivity contribution in [3.05, 3.63) is 81.3 Å². The van der Waals surface area contributed by atoms with Gasteiger partial charge in [-0.2, -0.15) is 0 Å². The molecular weight excluding hydrogens is 436 g/mol. The molecule has 0 aliphatic heterocycles. The molecule has 0 saturated carbocycles. The highest BCUT2D eigenvalue weighted by molar-refractivity contribution is 7.09. The molecule has 160 valence electrons. The molecule has 1 heterocycles. The van der Waals surface area contributed by atoms with Crippen molar-refractivity contribution in [2.24, 2.45) is 0 Å². The van der Waals surface area contributed by atoms with Crippen molar-refractivity contribution in [2.75, 3.05) is 11.9 Å². The molecule has 0 radical (unpaired) electrons. The molecule has 0 fully saturated rings. The quantitative estimate of drug-likeness (QED) is 0.356. The molecule has 1 amide bonds. The summed E-state index contributed by atoms with van der Waals surface area (Å²) in [7, 11) is 0. The standard InChI is InChI=1S/C23H21ClN2O4S/c1-2-29-23(28)12-5-16-3-8-18(9-4-16)25-21(27)13-19-15-31-22(26-19)14-30-20-10-6-17(24)7-11-20/h3-12,15H,2,13-14H2,1H3,(H,25,27)/b12-5+. The molecule has 1 aromatic heterocycles. The number of nitrogens with one attached hydrogen (secondary N) is 1. The molecule has 3 aromatic rings. The first-order chi connectivity index (χ1) is 15.0. The topological polar surface area (TPSA) is 77.5 Å². The summed E-state index contributed by atoms with van der Waals surface area (Å²) in [6.45, 7) is 2.42. The van der Waals surface area contributed by atoms with Crippen molar-refractivity contribution in [1.82, 2.24) is 4.98 Å². The van der Waals surface area contributed by atoms with E-state index in [1.807, 2.05) is 5.38 Å². The first-order valence-electron chi connectivity index (χ1n) is 9.58. The minimum atomic E-state index is -0.388. The third kappa shape index (κ3) is 7.55. The number of halogens is 1. The molecule has 6 nitrogen and oxygen atoms in total. The summed E-state index contributed by atoms with van der Waals surface area (Å²) in [5, 5.41) is 6.13. The maximum Gasteiger partial charge on any atom is 0.330 e. The molecule has 0 atom stereocenters. The zero-order valence-electron chi connectivity index (χ0n) is 16.8. The second kappa shape index (κ2) is 11.3. The Kier molecular flexibility index (Phi) is 8.20. The molecule has 0 saturated heterocycles. The van der Waals surface area contributed by atoms with Crippen LogP contribution in [0.2, 0.25) is 5.02 Å². The van der Waals surface area contributed by atoms with Crippen LogP contribution in [0.1, 0.15) is 23.2 Å². The van der Waals surface area contributed by atoms with E-state index in [0.717, 1.165) is 10.6 Å². The van der Waals surface area contributed by atoms with Crippen LogP contribution in [0.15, 0.2) is 60.0 Å². The average Bonchev–Trinajstić information content (AvgIpc) is 3.20. The van der Waals surface area contributed by atoms with Crippen molar-refractivity contribution >= 4 is 46.6 Å². The summed E-state index contributed by atoms with van der Waals surface area (Å²) in [6.07, 6.45) is 3.20. The minimum Gasteiger partial charge on any atom is -0.486 e. The number of ether oxygens (including phenoxy) is 2. The van der Waals surface area contributed by atoms with Gasteiger partial charge in [-0.25, -0.2) is 9.78 Å². The SMILES string of the molecule is CCOC(=O)/C=C/c1ccc(NC(=O)Cc2csc(COc3ccc(Cl)cc3)n2)cc1. The van der Waals surface area contributed by atoms with E-state index in [0.29, 0.717) is 35.4 Å². The highest BCUT2D eigenvalue weighted by Crippen LogP contribution is 2.19. The van der Waals surface area contributed by atoms with Gasteiger partial charge in [-0.15, -0.1) is 11.3 Å². The number of aromatic nitrogens is 1. The van der Waals surface area contributed by atoms with Crippen LogP contribution < -0.4 is 10.1 Å². The fourth-order valence-electron chi connectivity index (χ4n) is 2.57. The number of nitrogens with zero attached hydrogens (tertiary/aromatic N) is 1. The predicted molar refractivity (Wildman–Crippen MR) is 122 cm³/mol. The van der Waals surface area contributed by atoms with Gasteiger partial charge in [0.2, 0.25) is 5.91 Å². The van der Waals surface area contributed by atoms with Crippen molar-refractivity contribution in [2.45, 2.75) is 20.0 Å². The number of hydrogen-bond donors (Lipinski definition) is 1. The van der Waals surface area contributed by atoms with E-state index in [1.165, 1.54) is 17.4 Å². The lowest BCUT2D eigenvalue weighted by atomic mass is 10.2. The van der Waals surface area contributed by atoms with Crippen LogP contribution in [0.25, 0.3) is 6.08 Å². The van der Waals surface area contributed by atoms with Crippen LogP contribution >= 0.6 is 22.9 Å². The van der Waals surface area contributed by atoms with Gasteiger partial charge in [0.1, 0.15) is 17.4 Å². The number of hydrogen-bond acceptors (Lipinski definition) is 6. The molecule has 0 bridgehead atoms. The Bertz CT molecular complexity index is 1050. The van der Waals surface area contributed by atoms with Crippen molar-refractivity contribution in [3.63, 3.8) is 0 Å². The molecule has 2 aromatic carbocycles. The largest absolute Gasteiger partial charge is 0.486 e. The van der Waals surface area contributed by atoms with Crippen LogP contribution in [0.3, 0.4) is 0 Å². The van der Waals surface area contributed by atoms with Gasteiger partial charge < -0.3 is 14.8 Å². The highest BCUT2D eigenvalue weighted by atomic mass is 35.5. The molecule has 0 aliphatic rings. The molecule has 0 aliphatic carbocycles. The van der Waals surface area contributed by atoms with Gasteiger partial charge in [-0.1, -0.05) is 23.7 Å². The number of rotatable bonds is 9. The fraction of sp³-hybridized carbons (Fsp3) is 0.174. The monoisotopic (exact) mass is 456 g/mol. The maximum atomic E-state index is 12.3. The summed E-state index contributed by atoms with van der Waals surface area (Å²) in [5.41, 5.74) is 2.18. The van der Waals surface area contributed by atoms with Crippen molar-refractivity contribution < 1.29 is 19.1 Å². The lowest BCUT2D eigenvalue weighted by Crippen LogP contribution is -2.14. The second-order valence-electron chi connectivity index (χ2n) is 6.41. The summed E-state index contributed by atoms with van der Waals surface area (Å²) in [4.78, 5) is 28.1. The maximum absolute atomic E-state index is 12.3. The molecule has 3 rings (SSSR count). The lowest BCUT2D eigenvalue weighted by molar-refractivity contribution is -0.137. The summed E-state index contributed by atoms with van der Waals surface area (Å²) in [6, 6.07) is 14.3. The number of thiazole rings is 1. The fourth-order valence-corrected chi connectivity index (χ4v) is 3.41. The van der Waals surface area contributed by atoms with Gasteiger partial charge in [0.05, 0.1) is 18.7 Å². The number of anilines is 1. The Hall–Kier alpha value is -3.16. The first kappa shape index (κ1) is 22.5. The minimum absolute atomic E-state index is 0.162. The van der Waals surface area contributed by atoms with Gasteiger partial charge in [-0.05, 0) is 55.0 Å². The zero-order valence-corrected chi connectivity index (χ0v) is 18.4. The van der Waals surface area contributed by atoms with E-state index in [9.17, 15) is 9.59 Å². The number of esters is 1. The molecule has 0 unspecified atom stereocenters. The van der Waals surface area contributed by atoms with Crippen molar-refractivity contribution in [1.29, 1.82) is 0 Å². The van der Waals surface area contributed by atoms with Crippen LogP contribution in [0.4, 0.5) is 5.69 Å². The van der Waals surface area contributed by atoms with E-state index < -0.39 is 0 Å². The van der Waals surface area contributed by atoms with Gasteiger partial charge in [0.15, 0.2) is 0 Å². The average molecular weight is 457 g/mol. The normalized spacial score (nSPS) is 10.8. The zero-order chi connectivity index (χ0) is 22.1. The lowest BCUT2D eigenvalue weighted by Gasteiger charge is -2.05. The van der Waals surface area contributed by atoms with Crippen LogP contribution in [-0.4, -0.2) is 23.5 Å². The number of benzene rings is 2. The van der Waals surface area contributed by atoms with Gasteiger partial charge in [0, 0.05) is 22.2 Å². The van der Waals surface area contributed by atoms with Crippen LogP contribution in [0, 0.1) is 0 Å². The molecule has 8 heteroatoms. The second-order valence-corrected chi connectivity index (χ2v) is 7.79. The molecular formula is C23H21ClN2O4S. The summed E-state index contributed by atoms with van der Waals surface area (Å²) < 4.78 is 10.5. The van der Waals surface area contributed by atoms with Crippen molar-refractivity contribution in [3.8, 4) is 5.75 Å². The Morgan fingerprint density at radius 2 is 1.87 bits per heavy atom. The van der Waals surface area contributed by atoms with Gasteiger partial charge >= 0.3 is 5.97 Å². The van der Waals surface area contributed by atoms with Gasteiger partial charge in [0.25, 0.3) is 0 Å². The first-order valence-corrected chi connectivity index (χ1v) is 10.8. The number of carbonyl (C=O) groups is 2. The third-order valence-corrected chi connectivity index (χ3v) is 5.13. The van der Waals surface area contributed by atoms with E-state index in [2.05, 4.69) is 10.3 Å². The summed E-state index contributed by atoms with van der Waals surface area (Å²) >= 11 is 7.30. The number of carbonyl (C=O) groups excluding carboxylic acids is 2.